The van der Waals surface area contributed by atoms with Crippen molar-refractivity contribution in [2.45, 2.75) is 12.8 Å². The van der Waals surface area contributed by atoms with Gasteiger partial charge >= 0.3 is 0 Å². The van der Waals surface area contributed by atoms with Crippen LogP contribution in [-0.2, 0) is 0 Å². The zero-order chi connectivity index (χ0) is 9.54. The molecule has 3 rings (SSSR count). The van der Waals surface area contributed by atoms with Gasteiger partial charge in [0.2, 0.25) is 0 Å². The van der Waals surface area contributed by atoms with Crippen molar-refractivity contribution in [3.8, 4) is 0 Å². The van der Waals surface area contributed by atoms with Crippen LogP contribution in [-0.4, -0.2) is 31.1 Å². The molecule has 4 atom stereocenters. The predicted molar refractivity (Wildman–Crippen MR) is 57.8 cm³/mol. The van der Waals surface area contributed by atoms with Crippen LogP contribution in [0.4, 0.5) is 0 Å². The molecule has 2 aliphatic carbocycles. The summed E-state index contributed by atoms with van der Waals surface area (Å²) in [7, 11) is 0. The third-order valence-corrected chi connectivity index (χ3v) is 4.42. The van der Waals surface area contributed by atoms with Gasteiger partial charge in [-0.3, -0.25) is 0 Å². The minimum absolute atomic E-state index is 0.844. The van der Waals surface area contributed by atoms with Gasteiger partial charge in [-0.25, -0.2) is 0 Å². The van der Waals surface area contributed by atoms with Gasteiger partial charge in [0.05, 0.1) is 0 Å². The molecule has 0 unspecified atom stereocenters. The van der Waals surface area contributed by atoms with Gasteiger partial charge in [0.15, 0.2) is 0 Å². The summed E-state index contributed by atoms with van der Waals surface area (Å²) in [6.45, 7) is 4.76. The van der Waals surface area contributed by atoms with Gasteiger partial charge in [0, 0.05) is 13.1 Å². The number of hydrogen-bond donors (Lipinski definition) is 1. The van der Waals surface area contributed by atoms with E-state index in [0.29, 0.717) is 0 Å². The Balaban J connectivity index is 1.62. The summed E-state index contributed by atoms with van der Waals surface area (Å²) in [6, 6.07) is 0. The molecule has 3 aliphatic rings. The molecule has 2 N–H and O–H groups in total. The fourth-order valence-corrected chi connectivity index (χ4v) is 3.74. The van der Waals surface area contributed by atoms with E-state index in [1.807, 2.05) is 0 Å². The molecule has 0 spiro atoms. The van der Waals surface area contributed by atoms with Crippen molar-refractivity contribution < 1.29 is 0 Å². The van der Waals surface area contributed by atoms with Crippen molar-refractivity contribution in [3.05, 3.63) is 12.2 Å². The standard InChI is InChI=1S/C12H20N2/c13-4-1-5-14-7-11-9-2-3-10(6-9)12(11)8-14/h2-3,9-12H,1,4-8,13H2/t9-,10+,11-,12+. The van der Waals surface area contributed by atoms with Gasteiger partial charge in [-0.15, -0.1) is 0 Å². The van der Waals surface area contributed by atoms with E-state index in [9.17, 15) is 0 Å². The SMILES string of the molecule is NCCCN1C[C@@H]2[C@H](C1)[C@@H]1C=C[C@H]2C1. The molecule has 1 heterocycles. The normalized spacial score (nSPS) is 44.9. The molecule has 2 heteroatoms. The molecule has 2 nitrogen and oxygen atoms in total. The van der Waals surface area contributed by atoms with Gasteiger partial charge in [-0.05, 0) is 49.6 Å². The van der Waals surface area contributed by atoms with Crippen LogP contribution in [0.5, 0.6) is 0 Å². The summed E-state index contributed by atoms with van der Waals surface area (Å²) in [5.74, 6) is 3.83. The first-order valence-electron chi connectivity index (χ1n) is 5.99. The molecule has 0 aromatic carbocycles. The van der Waals surface area contributed by atoms with Crippen molar-refractivity contribution in [3.63, 3.8) is 0 Å². The van der Waals surface area contributed by atoms with E-state index in [-0.39, 0.29) is 0 Å². The summed E-state index contributed by atoms with van der Waals surface area (Å²) >= 11 is 0. The highest BCUT2D eigenvalue weighted by atomic mass is 15.2. The van der Waals surface area contributed by atoms with Crippen LogP contribution in [0.3, 0.4) is 0 Å². The van der Waals surface area contributed by atoms with Crippen LogP contribution in [0.2, 0.25) is 0 Å². The zero-order valence-corrected chi connectivity index (χ0v) is 8.73. The largest absolute Gasteiger partial charge is 0.330 e. The third kappa shape index (κ3) is 1.24. The Hall–Kier alpha value is -0.340. The summed E-state index contributed by atoms with van der Waals surface area (Å²) < 4.78 is 0. The van der Waals surface area contributed by atoms with Crippen LogP contribution >= 0.6 is 0 Å². The van der Waals surface area contributed by atoms with Crippen LogP contribution < -0.4 is 5.73 Å². The minimum atomic E-state index is 0.844. The molecule has 1 saturated heterocycles. The van der Waals surface area contributed by atoms with E-state index >= 15 is 0 Å². The molecule has 0 aromatic heterocycles. The number of rotatable bonds is 3. The topological polar surface area (TPSA) is 29.3 Å². The molecule has 0 aromatic rings. The van der Waals surface area contributed by atoms with Crippen LogP contribution in [0.1, 0.15) is 12.8 Å². The van der Waals surface area contributed by atoms with Crippen molar-refractivity contribution in [2.24, 2.45) is 29.4 Å². The maximum Gasteiger partial charge on any atom is 0.00188 e. The van der Waals surface area contributed by atoms with E-state index in [2.05, 4.69) is 17.1 Å². The second kappa shape index (κ2) is 3.35. The Morgan fingerprint density at radius 3 is 2.36 bits per heavy atom. The first-order chi connectivity index (χ1) is 6.88. The Labute approximate surface area is 86.1 Å². The lowest BCUT2D eigenvalue weighted by Crippen LogP contribution is -2.25. The highest BCUT2D eigenvalue weighted by molar-refractivity contribution is 5.16. The molecule has 1 saturated carbocycles. The van der Waals surface area contributed by atoms with Crippen LogP contribution in [0.25, 0.3) is 0 Å². The molecule has 0 amide bonds. The lowest BCUT2D eigenvalue weighted by molar-refractivity contribution is 0.297. The Morgan fingerprint density at radius 2 is 1.79 bits per heavy atom. The number of likely N-dealkylation sites (tertiary alicyclic amines) is 1. The van der Waals surface area contributed by atoms with E-state index in [1.54, 1.807) is 0 Å². The number of fused-ring (bicyclic) bond motifs is 5. The second-order valence-corrected chi connectivity index (χ2v) is 5.18. The second-order valence-electron chi connectivity index (χ2n) is 5.18. The van der Waals surface area contributed by atoms with Crippen molar-refractivity contribution in [1.29, 1.82) is 0 Å². The molecular formula is C12H20N2. The molecule has 2 fully saturated rings. The van der Waals surface area contributed by atoms with Crippen molar-refractivity contribution >= 4 is 0 Å². The summed E-state index contributed by atoms with van der Waals surface area (Å²) in [5, 5.41) is 0. The third-order valence-electron chi connectivity index (χ3n) is 4.42. The minimum Gasteiger partial charge on any atom is -0.330 e. The number of nitrogens with zero attached hydrogens (tertiary/aromatic N) is 1. The molecular weight excluding hydrogens is 172 g/mol. The predicted octanol–water partition coefficient (Wildman–Crippen LogP) is 1.09. The first kappa shape index (κ1) is 8.93. The molecule has 2 bridgehead atoms. The summed E-state index contributed by atoms with van der Waals surface area (Å²) in [6.07, 6.45) is 7.57. The zero-order valence-electron chi connectivity index (χ0n) is 8.73. The van der Waals surface area contributed by atoms with Gasteiger partial charge in [0.1, 0.15) is 0 Å². The maximum atomic E-state index is 5.55. The summed E-state index contributed by atoms with van der Waals surface area (Å²) in [4.78, 5) is 2.63. The van der Waals surface area contributed by atoms with E-state index in [0.717, 1.165) is 30.2 Å². The molecule has 0 radical (unpaired) electrons. The Morgan fingerprint density at radius 1 is 1.14 bits per heavy atom. The number of hydrogen-bond acceptors (Lipinski definition) is 2. The van der Waals surface area contributed by atoms with Gasteiger partial charge < -0.3 is 10.6 Å². The van der Waals surface area contributed by atoms with Crippen molar-refractivity contribution in [2.75, 3.05) is 26.2 Å². The lowest BCUT2D eigenvalue weighted by Gasteiger charge is -2.17. The number of allylic oxidation sites excluding steroid dienone is 2. The average Bonchev–Trinajstić information content (AvgIpc) is 2.85. The van der Waals surface area contributed by atoms with Crippen LogP contribution in [0, 0.1) is 23.7 Å². The average molecular weight is 192 g/mol. The first-order valence-corrected chi connectivity index (χ1v) is 5.99. The maximum absolute atomic E-state index is 5.55. The van der Waals surface area contributed by atoms with Gasteiger partial charge in [-0.2, -0.15) is 0 Å². The number of nitrogens with two attached hydrogens (primary N) is 1. The Bertz CT molecular complexity index is 229. The van der Waals surface area contributed by atoms with E-state index in [4.69, 9.17) is 5.73 Å². The quantitative estimate of drug-likeness (QED) is 0.678. The van der Waals surface area contributed by atoms with Gasteiger partial charge in [-0.1, -0.05) is 12.2 Å². The van der Waals surface area contributed by atoms with E-state index in [1.165, 1.54) is 32.5 Å². The fraction of sp³-hybridized carbons (Fsp3) is 0.833. The Kier molecular flexibility index (Phi) is 2.14. The van der Waals surface area contributed by atoms with Gasteiger partial charge in [0.25, 0.3) is 0 Å². The van der Waals surface area contributed by atoms with E-state index < -0.39 is 0 Å². The summed E-state index contributed by atoms with van der Waals surface area (Å²) in [5.41, 5.74) is 5.55. The smallest absolute Gasteiger partial charge is 0.00188 e. The van der Waals surface area contributed by atoms with Crippen molar-refractivity contribution in [1.82, 2.24) is 4.90 Å². The molecule has 78 valence electrons. The lowest BCUT2D eigenvalue weighted by atomic mass is 9.86. The fourth-order valence-electron chi connectivity index (χ4n) is 3.74. The molecule has 1 aliphatic heterocycles. The highest BCUT2D eigenvalue weighted by Gasteiger charge is 2.48. The van der Waals surface area contributed by atoms with Crippen LogP contribution in [0.15, 0.2) is 12.2 Å². The monoisotopic (exact) mass is 192 g/mol. The molecule has 14 heavy (non-hydrogen) atoms. The highest BCUT2D eigenvalue weighted by Crippen LogP contribution is 2.51.